The molecule has 1 aliphatic heterocycles. The Morgan fingerprint density at radius 1 is 1.14 bits per heavy atom. The number of carbonyl (C=O) groups is 2. The van der Waals surface area contributed by atoms with Crippen LogP contribution in [0.3, 0.4) is 0 Å². The van der Waals surface area contributed by atoms with Crippen molar-refractivity contribution in [3.63, 3.8) is 0 Å². The van der Waals surface area contributed by atoms with E-state index >= 15 is 0 Å². The number of nitriles is 1. The van der Waals surface area contributed by atoms with Gasteiger partial charge in [-0.25, -0.2) is 4.79 Å². The van der Waals surface area contributed by atoms with Gasteiger partial charge in [0.1, 0.15) is 5.75 Å². The summed E-state index contributed by atoms with van der Waals surface area (Å²) >= 11 is 12.1. The number of rotatable bonds is 3. The number of benzene rings is 2. The fourth-order valence-corrected chi connectivity index (χ4v) is 2.95. The first-order valence-electron chi connectivity index (χ1n) is 8.33. The predicted octanol–water partition coefficient (Wildman–Crippen LogP) is 3.95. The van der Waals surface area contributed by atoms with Crippen molar-refractivity contribution < 1.29 is 19.1 Å². The standard InChI is InChI=1S/C19H15Cl2N3O4/c20-13-2-4-17(28-19(26)24-5-7-27-8-6-24)14(10-13)18(25)23-16-3-1-12(11-22)9-15(16)21/h1-4,9-10H,5-8H2,(H,23,25). The molecule has 0 bridgehead atoms. The number of hydrogen-bond donors (Lipinski definition) is 1. The molecule has 0 unspecified atom stereocenters. The van der Waals surface area contributed by atoms with Crippen LogP contribution in [0.25, 0.3) is 0 Å². The van der Waals surface area contributed by atoms with Crippen LogP contribution in [-0.2, 0) is 4.74 Å². The summed E-state index contributed by atoms with van der Waals surface area (Å²) in [5.74, 6) is -0.484. The van der Waals surface area contributed by atoms with Gasteiger partial charge in [0.2, 0.25) is 0 Å². The maximum Gasteiger partial charge on any atom is 0.415 e. The molecule has 0 radical (unpaired) electrons. The van der Waals surface area contributed by atoms with Crippen LogP contribution >= 0.6 is 23.2 Å². The molecule has 0 saturated carbocycles. The number of anilines is 1. The van der Waals surface area contributed by atoms with Crippen LogP contribution in [0.4, 0.5) is 10.5 Å². The van der Waals surface area contributed by atoms with E-state index in [0.717, 1.165) is 0 Å². The van der Waals surface area contributed by atoms with Gasteiger partial charge in [0.05, 0.1) is 41.1 Å². The second-order valence-electron chi connectivity index (χ2n) is 5.87. The molecule has 1 N–H and O–H groups in total. The lowest BCUT2D eigenvalue weighted by molar-refractivity contribution is 0.0415. The Labute approximate surface area is 171 Å². The highest BCUT2D eigenvalue weighted by atomic mass is 35.5. The van der Waals surface area contributed by atoms with Crippen molar-refractivity contribution in [1.82, 2.24) is 4.90 Å². The second kappa shape index (κ2) is 8.93. The summed E-state index contributed by atoms with van der Waals surface area (Å²) in [6.45, 7) is 1.68. The molecule has 2 amide bonds. The minimum atomic E-state index is -0.573. The van der Waals surface area contributed by atoms with Crippen LogP contribution in [0.2, 0.25) is 10.0 Å². The first-order chi connectivity index (χ1) is 13.5. The van der Waals surface area contributed by atoms with E-state index in [1.54, 1.807) is 0 Å². The average Bonchev–Trinajstić information content (AvgIpc) is 2.71. The number of carbonyl (C=O) groups excluding carboxylic acids is 2. The quantitative estimate of drug-likeness (QED) is 0.812. The van der Waals surface area contributed by atoms with E-state index in [0.29, 0.717) is 42.6 Å². The van der Waals surface area contributed by atoms with Crippen LogP contribution in [0.5, 0.6) is 5.75 Å². The lowest BCUT2D eigenvalue weighted by Gasteiger charge is -2.26. The highest BCUT2D eigenvalue weighted by molar-refractivity contribution is 6.34. The van der Waals surface area contributed by atoms with Gasteiger partial charge in [0.15, 0.2) is 0 Å². The van der Waals surface area contributed by atoms with E-state index in [2.05, 4.69) is 5.32 Å². The Hall–Kier alpha value is -2.79. The van der Waals surface area contributed by atoms with Crippen molar-refractivity contribution in [1.29, 1.82) is 5.26 Å². The lowest BCUT2D eigenvalue weighted by atomic mass is 10.1. The van der Waals surface area contributed by atoms with Crippen molar-refractivity contribution in [2.45, 2.75) is 0 Å². The fraction of sp³-hybridized carbons (Fsp3) is 0.211. The molecule has 7 nitrogen and oxygen atoms in total. The fourth-order valence-electron chi connectivity index (χ4n) is 2.55. The van der Waals surface area contributed by atoms with Gasteiger partial charge in [-0.1, -0.05) is 23.2 Å². The molecule has 144 valence electrons. The van der Waals surface area contributed by atoms with Crippen LogP contribution in [0, 0.1) is 11.3 Å². The van der Waals surface area contributed by atoms with Crippen LogP contribution in [0.1, 0.15) is 15.9 Å². The number of nitrogens with zero attached hydrogens (tertiary/aromatic N) is 2. The number of morpholine rings is 1. The molecule has 1 heterocycles. The van der Waals surface area contributed by atoms with Crippen LogP contribution in [0.15, 0.2) is 36.4 Å². The zero-order valence-corrected chi connectivity index (χ0v) is 16.1. The largest absolute Gasteiger partial charge is 0.415 e. The zero-order chi connectivity index (χ0) is 20.1. The lowest BCUT2D eigenvalue weighted by Crippen LogP contribution is -2.42. The minimum Gasteiger partial charge on any atom is -0.409 e. The maximum atomic E-state index is 12.7. The molecule has 2 aromatic carbocycles. The maximum absolute atomic E-state index is 12.7. The SMILES string of the molecule is N#Cc1ccc(NC(=O)c2cc(Cl)ccc2OC(=O)N2CCOCC2)c(Cl)c1. The number of nitrogens with one attached hydrogen (secondary N) is 1. The van der Waals surface area contributed by atoms with E-state index in [-0.39, 0.29) is 16.3 Å². The van der Waals surface area contributed by atoms with E-state index in [4.69, 9.17) is 37.9 Å². The summed E-state index contributed by atoms with van der Waals surface area (Å²) in [5, 5.41) is 12.1. The second-order valence-corrected chi connectivity index (χ2v) is 6.71. The third-order valence-electron chi connectivity index (χ3n) is 4.00. The summed E-state index contributed by atoms with van der Waals surface area (Å²) in [5.41, 5.74) is 0.761. The van der Waals surface area contributed by atoms with E-state index in [1.165, 1.54) is 41.3 Å². The Morgan fingerprint density at radius 2 is 1.89 bits per heavy atom. The Kier molecular flexibility index (Phi) is 6.37. The highest BCUT2D eigenvalue weighted by Gasteiger charge is 2.22. The molecule has 1 aliphatic rings. The van der Waals surface area contributed by atoms with E-state index in [1.807, 2.05) is 6.07 Å². The van der Waals surface area contributed by atoms with Crippen molar-refractivity contribution in [2.75, 3.05) is 31.6 Å². The molecule has 28 heavy (non-hydrogen) atoms. The zero-order valence-electron chi connectivity index (χ0n) is 14.6. The van der Waals surface area contributed by atoms with Crippen LogP contribution in [-0.4, -0.2) is 43.2 Å². The summed E-state index contributed by atoms with van der Waals surface area (Å²) in [6.07, 6.45) is -0.573. The average molecular weight is 420 g/mol. The molecular weight excluding hydrogens is 405 g/mol. The van der Waals surface area contributed by atoms with Gasteiger partial charge >= 0.3 is 6.09 Å². The monoisotopic (exact) mass is 419 g/mol. The summed E-state index contributed by atoms with van der Waals surface area (Å²) < 4.78 is 10.6. The number of hydrogen-bond acceptors (Lipinski definition) is 5. The topological polar surface area (TPSA) is 91.7 Å². The van der Waals surface area contributed by atoms with Gasteiger partial charge < -0.3 is 19.7 Å². The van der Waals surface area contributed by atoms with Gasteiger partial charge in [0.25, 0.3) is 5.91 Å². The number of ether oxygens (including phenoxy) is 2. The summed E-state index contributed by atoms with van der Waals surface area (Å²) in [7, 11) is 0. The van der Waals surface area contributed by atoms with Gasteiger partial charge in [-0.2, -0.15) is 5.26 Å². The molecule has 1 fully saturated rings. The highest BCUT2D eigenvalue weighted by Crippen LogP contribution is 2.27. The van der Waals surface area contributed by atoms with E-state index in [9.17, 15) is 9.59 Å². The smallest absolute Gasteiger partial charge is 0.409 e. The third-order valence-corrected chi connectivity index (χ3v) is 4.55. The number of amides is 2. The normalized spacial score (nSPS) is 13.5. The third kappa shape index (κ3) is 4.73. The van der Waals surface area contributed by atoms with Gasteiger partial charge in [-0.15, -0.1) is 0 Å². The molecule has 0 aromatic heterocycles. The first-order valence-corrected chi connectivity index (χ1v) is 9.08. The van der Waals surface area contributed by atoms with Gasteiger partial charge in [0, 0.05) is 18.1 Å². The summed E-state index contributed by atoms with van der Waals surface area (Å²) in [4.78, 5) is 26.6. The molecule has 0 aliphatic carbocycles. The number of halogens is 2. The molecule has 0 spiro atoms. The molecular formula is C19H15Cl2N3O4. The summed E-state index contributed by atoms with van der Waals surface area (Å²) in [6, 6.07) is 10.8. The van der Waals surface area contributed by atoms with Crippen molar-refractivity contribution in [3.8, 4) is 11.8 Å². The Balaban J connectivity index is 1.80. The molecule has 9 heteroatoms. The predicted molar refractivity (Wildman–Crippen MR) is 104 cm³/mol. The van der Waals surface area contributed by atoms with Crippen molar-refractivity contribution >= 4 is 40.9 Å². The van der Waals surface area contributed by atoms with Crippen molar-refractivity contribution in [2.24, 2.45) is 0 Å². The molecule has 3 rings (SSSR count). The Bertz CT molecular complexity index is 953. The molecule has 1 saturated heterocycles. The van der Waals surface area contributed by atoms with Crippen molar-refractivity contribution in [3.05, 3.63) is 57.6 Å². The van der Waals surface area contributed by atoms with E-state index < -0.39 is 12.0 Å². The van der Waals surface area contributed by atoms with Crippen LogP contribution < -0.4 is 10.1 Å². The van der Waals surface area contributed by atoms with Gasteiger partial charge in [-0.05, 0) is 36.4 Å². The Morgan fingerprint density at radius 3 is 2.57 bits per heavy atom. The molecule has 2 aromatic rings. The van der Waals surface area contributed by atoms with Gasteiger partial charge in [-0.3, -0.25) is 4.79 Å². The minimum absolute atomic E-state index is 0.0724. The first kappa shape index (κ1) is 20.0. The molecule has 0 atom stereocenters.